The molecule has 0 aliphatic heterocycles. The number of nitrogen functional groups attached to an aromatic ring is 1. The molecule has 1 rings (SSSR count). The van der Waals surface area contributed by atoms with Crippen LogP contribution in [0.25, 0.3) is 0 Å². The predicted molar refractivity (Wildman–Crippen MR) is 73.7 cm³/mol. The molecule has 0 saturated carbocycles. The first-order valence-electron chi connectivity index (χ1n) is 4.90. The van der Waals surface area contributed by atoms with Crippen molar-refractivity contribution < 1.29 is 9.53 Å². The van der Waals surface area contributed by atoms with E-state index in [0.717, 1.165) is 5.56 Å². The van der Waals surface area contributed by atoms with Crippen LogP contribution in [0.4, 0.5) is 5.69 Å². The summed E-state index contributed by atoms with van der Waals surface area (Å²) in [5.74, 6) is -0.366. The van der Waals surface area contributed by atoms with E-state index in [-0.39, 0.29) is 30.8 Å². The van der Waals surface area contributed by atoms with Gasteiger partial charge in [-0.1, -0.05) is 12.1 Å². The monoisotopic (exact) mass is 280 g/mol. The number of hydrogen-bond acceptors (Lipinski definition) is 4. The van der Waals surface area contributed by atoms with Crippen molar-refractivity contribution in [3.05, 3.63) is 29.8 Å². The Bertz CT molecular complexity index is 331. The normalized spacial score (nSPS) is 10.7. The zero-order valence-electron chi connectivity index (χ0n) is 9.59. The van der Waals surface area contributed by atoms with E-state index >= 15 is 0 Å². The van der Waals surface area contributed by atoms with Crippen LogP contribution in [-0.4, -0.2) is 18.6 Å². The van der Waals surface area contributed by atoms with Gasteiger partial charge in [0.05, 0.1) is 6.61 Å². The van der Waals surface area contributed by atoms with Crippen LogP contribution in [0.1, 0.15) is 12.5 Å². The molecule has 0 amide bonds. The summed E-state index contributed by atoms with van der Waals surface area (Å²) in [4.78, 5) is 11.2. The Kier molecular flexibility index (Phi) is 9.85. The van der Waals surface area contributed by atoms with E-state index in [0.29, 0.717) is 18.7 Å². The predicted octanol–water partition coefficient (Wildman–Crippen LogP) is 1.55. The zero-order chi connectivity index (χ0) is 11.3. The third-order valence-electron chi connectivity index (χ3n) is 2.02. The number of ether oxygens (including phenoxy) is 1. The second kappa shape index (κ2) is 9.10. The molecule has 0 saturated heterocycles. The number of hydrogen-bond donors (Lipinski definition) is 2. The Morgan fingerprint density at radius 1 is 1.29 bits per heavy atom. The Morgan fingerprint density at radius 2 is 1.82 bits per heavy atom. The fourth-order valence-corrected chi connectivity index (χ4v) is 1.24. The SMILES string of the molecule is CCOC(=O)[C@@H](N)Cc1ccc(N)cc1.Cl.Cl. The first-order chi connectivity index (χ1) is 7.13. The van der Waals surface area contributed by atoms with Gasteiger partial charge in [-0.2, -0.15) is 0 Å². The maximum Gasteiger partial charge on any atom is 0.323 e. The fourth-order valence-electron chi connectivity index (χ4n) is 1.24. The molecule has 0 aliphatic carbocycles. The van der Waals surface area contributed by atoms with Crippen LogP contribution in [-0.2, 0) is 16.0 Å². The van der Waals surface area contributed by atoms with Crippen molar-refractivity contribution in [2.45, 2.75) is 19.4 Å². The van der Waals surface area contributed by atoms with E-state index in [1.807, 2.05) is 12.1 Å². The molecule has 4 nitrogen and oxygen atoms in total. The largest absolute Gasteiger partial charge is 0.465 e. The minimum Gasteiger partial charge on any atom is -0.465 e. The van der Waals surface area contributed by atoms with Crippen LogP contribution < -0.4 is 11.5 Å². The maximum atomic E-state index is 11.2. The van der Waals surface area contributed by atoms with E-state index in [1.165, 1.54) is 0 Å². The minimum absolute atomic E-state index is 0. The summed E-state index contributed by atoms with van der Waals surface area (Å²) in [6, 6.07) is 6.68. The molecule has 0 radical (unpaired) electrons. The third kappa shape index (κ3) is 6.36. The molecule has 0 fully saturated rings. The first kappa shape index (κ1) is 18.4. The van der Waals surface area contributed by atoms with Crippen LogP contribution >= 0.6 is 24.8 Å². The Balaban J connectivity index is 0. The van der Waals surface area contributed by atoms with Gasteiger partial charge in [-0.15, -0.1) is 24.8 Å². The van der Waals surface area contributed by atoms with Crippen molar-refractivity contribution in [1.82, 2.24) is 0 Å². The third-order valence-corrected chi connectivity index (χ3v) is 2.02. The van der Waals surface area contributed by atoms with E-state index < -0.39 is 6.04 Å². The summed E-state index contributed by atoms with van der Waals surface area (Å²) in [7, 11) is 0. The lowest BCUT2D eigenvalue weighted by atomic mass is 10.1. The molecule has 0 bridgehead atoms. The van der Waals surface area contributed by atoms with Crippen molar-refractivity contribution in [1.29, 1.82) is 0 Å². The lowest BCUT2D eigenvalue weighted by molar-refractivity contribution is -0.144. The number of halogens is 2. The molecule has 1 aromatic rings. The summed E-state index contributed by atoms with van der Waals surface area (Å²) >= 11 is 0. The van der Waals surface area contributed by atoms with E-state index in [2.05, 4.69) is 0 Å². The van der Waals surface area contributed by atoms with Gasteiger partial charge in [0.25, 0.3) is 0 Å². The second-order valence-corrected chi connectivity index (χ2v) is 3.30. The highest BCUT2D eigenvalue weighted by Gasteiger charge is 2.14. The number of carbonyl (C=O) groups is 1. The summed E-state index contributed by atoms with van der Waals surface area (Å²) < 4.78 is 4.81. The van der Waals surface area contributed by atoms with Gasteiger partial charge in [-0.3, -0.25) is 4.79 Å². The Morgan fingerprint density at radius 3 is 2.29 bits per heavy atom. The molecule has 4 N–H and O–H groups in total. The smallest absolute Gasteiger partial charge is 0.323 e. The van der Waals surface area contributed by atoms with Crippen LogP contribution in [0, 0.1) is 0 Å². The maximum absolute atomic E-state index is 11.2. The average Bonchev–Trinajstić information content (AvgIpc) is 2.22. The highest BCUT2D eigenvalue weighted by atomic mass is 35.5. The van der Waals surface area contributed by atoms with Gasteiger partial charge in [-0.05, 0) is 31.0 Å². The number of esters is 1. The molecule has 1 aromatic carbocycles. The lowest BCUT2D eigenvalue weighted by Gasteiger charge is -2.10. The van der Waals surface area contributed by atoms with Gasteiger partial charge in [0, 0.05) is 5.69 Å². The molecule has 17 heavy (non-hydrogen) atoms. The topological polar surface area (TPSA) is 78.3 Å². The molecule has 0 aromatic heterocycles. The zero-order valence-corrected chi connectivity index (χ0v) is 11.2. The highest BCUT2D eigenvalue weighted by molar-refractivity contribution is 5.85. The number of anilines is 1. The van der Waals surface area contributed by atoms with E-state index in [9.17, 15) is 4.79 Å². The standard InChI is InChI=1S/C11H16N2O2.2ClH/c1-2-15-11(14)10(13)7-8-3-5-9(12)6-4-8;;/h3-6,10H,2,7,12-13H2,1H3;2*1H/t10-;;/m0../s1. The van der Waals surface area contributed by atoms with Crippen LogP contribution in [0.5, 0.6) is 0 Å². The van der Waals surface area contributed by atoms with Crippen LogP contribution in [0.3, 0.4) is 0 Å². The fraction of sp³-hybridized carbons (Fsp3) is 0.364. The molecule has 0 aliphatic rings. The van der Waals surface area contributed by atoms with Gasteiger partial charge >= 0.3 is 5.97 Å². The Hall–Kier alpha value is -0.970. The van der Waals surface area contributed by atoms with Crippen LogP contribution in [0.2, 0.25) is 0 Å². The average molecular weight is 281 g/mol. The van der Waals surface area contributed by atoms with Gasteiger partial charge in [0.15, 0.2) is 0 Å². The molecule has 98 valence electrons. The number of carbonyl (C=O) groups excluding carboxylic acids is 1. The Labute approximate surface area is 114 Å². The first-order valence-corrected chi connectivity index (χ1v) is 4.90. The summed E-state index contributed by atoms with van der Waals surface area (Å²) in [6.07, 6.45) is 0.471. The number of nitrogens with two attached hydrogens (primary N) is 2. The van der Waals surface area contributed by atoms with Crippen molar-refractivity contribution in [2.75, 3.05) is 12.3 Å². The second-order valence-electron chi connectivity index (χ2n) is 3.30. The van der Waals surface area contributed by atoms with Gasteiger partial charge in [0.2, 0.25) is 0 Å². The summed E-state index contributed by atoms with van der Waals surface area (Å²) in [5, 5.41) is 0. The molecule has 0 spiro atoms. The number of rotatable bonds is 4. The quantitative estimate of drug-likeness (QED) is 0.648. The van der Waals surface area contributed by atoms with Crippen molar-refractivity contribution in [3.8, 4) is 0 Å². The molecular weight excluding hydrogens is 263 g/mol. The van der Waals surface area contributed by atoms with Crippen molar-refractivity contribution in [3.63, 3.8) is 0 Å². The van der Waals surface area contributed by atoms with Crippen molar-refractivity contribution in [2.24, 2.45) is 5.73 Å². The molecule has 0 unspecified atom stereocenters. The van der Waals surface area contributed by atoms with Gasteiger partial charge < -0.3 is 16.2 Å². The minimum atomic E-state index is -0.603. The van der Waals surface area contributed by atoms with Gasteiger partial charge in [-0.25, -0.2) is 0 Å². The lowest BCUT2D eigenvalue weighted by Crippen LogP contribution is -2.34. The highest BCUT2D eigenvalue weighted by Crippen LogP contribution is 2.07. The summed E-state index contributed by atoms with van der Waals surface area (Å²) in [6.45, 7) is 2.11. The van der Waals surface area contributed by atoms with Gasteiger partial charge in [0.1, 0.15) is 6.04 Å². The molecule has 1 atom stereocenters. The molecule has 6 heteroatoms. The van der Waals surface area contributed by atoms with E-state index in [4.69, 9.17) is 16.2 Å². The number of benzene rings is 1. The molecular formula is C11H18Cl2N2O2. The summed E-state index contributed by atoms with van der Waals surface area (Å²) in [5.41, 5.74) is 12.9. The van der Waals surface area contributed by atoms with Crippen molar-refractivity contribution >= 4 is 36.5 Å². The van der Waals surface area contributed by atoms with Crippen LogP contribution in [0.15, 0.2) is 24.3 Å². The molecule has 0 heterocycles. The van der Waals surface area contributed by atoms with E-state index in [1.54, 1.807) is 19.1 Å².